The first-order valence-corrected chi connectivity index (χ1v) is 7.52. The van der Waals surface area contributed by atoms with E-state index in [1.165, 1.54) is 7.11 Å². The zero-order chi connectivity index (χ0) is 15.8. The summed E-state index contributed by atoms with van der Waals surface area (Å²) in [4.78, 5) is 25.6. The fourth-order valence-corrected chi connectivity index (χ4v) is 2.35. The molecule has 0 saturated carbocycles. The molecule has 6 heteroatoms. The van der Waals surface area contributed by atoms with Crippen LogP contribution in [0.5, 0.6) is 0 Å². The molecule has 1 N–H and O–H groups in total. The van der Waals surface area contributed by atoms with Crippen LogP contribution in [0.2, 0.25) is 0 Å². The molecule has 0 spiro atoms. The summed E-state index contributed by atoms with van der Waals surface area (Å²) in [6.45, 7) is 2.36. The second-order valence-electron chi connectivity index (χ2n) is 4.76. The van der Waals surface area contributed by atoms with Gasteiger partial charge in [0.25, 0.3) is 5.91 Å². The predicted octanol–water partition coefficient (Wildman–Crippen LogP) is 2.08. The molecule has 1 amide bonds. The lowest BCUT2D eigenvalue weighted by atomic mass is 10.1. The van der Waals surface area contributed by atoms with Gasteiger partial charge in [0.05, 0.1) is 13.0 Å². The van der Waals surface area contributed by atoms with E-state index in [0.29, 0.717) is 18.5 Å². The van der Waals surface area contributed by atoms with Crippen molar-refractivity contribution in [3.63, 3.8) is 0 Å². The van der Waals surface area contributed by atoms with Crippen molar-refractivity contribution >= 4 is 27.8 Å². The normalized spacial score (nSPS) is 11.8. The number of rotatable bonds is 7. The summed E-state index contributed by atoms with van der Waals surface area (Å²) in [5.41, 5.74) is 0.541. The molecule has 0 aliphatic rings. The van der Waals surface area contributed by atoms with Crippen LogP contribution in [-0.4, -0.2) is 48.7 Å². The van der Waals surface area contributed by atoms with Crippen molar-refractivity contribution in [1.82, 2.24) is 4.90 Å². The van der Waals surface area contributed by atoms with Crippen LogP contribution in [0.3, 0.4) is 0 Å². The van der Waals surface area contributed by atoms with Crippen molar-refractivity contribution in [3.05, 3.63) is 34.3 Å². The molecule has 1 rings (SSSR count). The van der Waals surface area contributed by atoms with Crippen LogP contribution in [0, 0.1) is 5.92 Å². The van der Waals surface area contributed by atoms with Crippen LogP contribution in [0.15, 0.2) is 28.7 Å². The highest BCUT2D eigenvalue weighted by molar-refractivity contribution is 9.10. The number of hydrogen-bond acceptors (Lipinski definition) is 4. The average molecular weight is 358 g/mol. The fourth-order valence-electron chi connectivity index (χ4n) is 1.95. The Morgan fingerprint density at radius 2 is 2.14 bits per heavy atom. The van der Waals surface area contributed by atoms with Crippen molar-refractivity contribution in [2.45, 2.75) is 13.3 Å². The minimum Gasteiger partial charge on any atom is -0.469 e. The molecule has 1 aromatic carbocycles. The van der Waals surface area contributed by atoms with E-state index in [1.54, 1.807) is 30.0 Å². The standard InChI is InChI=1S/C15H20BrNO4/c1-11(15(20)21-2)10-17(7-4-8-18)14(19)12-5-3-6-13(16)9-12/h3,5-6,9,11,18H,4,7-8,10H2,1-2H3. The fraction of sp³-hybridized carbons (Fsp3) is 0.467. The van der Waals surface area contributed by atoms with Gasteiger partial charge in [-0.15, -0.1) is 0 Å². The third kappa shape index (κ3) is 5.47. The van der Waals surface area contributed by atoms with Gasteiger partial charge in [0.15, 0.2) is 0 Å². The third-order valence-corrected chi connectivity index (χ3v) is 3.54. The van der Waals surface area contributed by atoms with Gasteiger partial charge in [-0.2, -0.15) is 0 Å². The number of benzene rings is 1. The van der Waals surface area contributed by atoms with Gasteiger partial charge in [-0.3, -0.25) is 9.59 Å². The Labute approximate surface area is 133 Å². The molecule has 0 aliphatic carbocycles. The number of aliphatic hydroxyl groups excluding tert-OH is 1. The first kappa shape index (κ1) is 17.7. The lowest BCUT2D eigenvalue weighted by Gasteiger charge is -2.25. The van der Waals surface area contributed by atoms with E-state index in [2.05, 4.69) is 20.7 Å². The van der Waals surface area contributed by atoms with Gasteiger partial charge in [0, 0.05) is 29.7 Å². The number of halogens is 1. The van der Waals surface area contributed by atoms with Crippen LogP contribution < -0.4 is 0 Å². The molecule has 116 valence electrons. The van der Waals surface area contributed by atoms with Gasteiger partial charge in [0.2, 0.25) is 0 Å². The average Bonchev–Trinajstić information content (AvgIpc) is 2.49. The molecule has 1 unspecified atom stereocenters. The highest BCUT2D eigenvalue weighted by Crippen LogP contribution is 2.15. The third-order valence-electron chi connectivity index (χ3n) is 3.04. The Balaban J connectivity index is 2.85. The van der Waals surface area contributed by atoms with Crippen LogP contribution in [0.4, 0.5) is 0 Å². The van der Waals surface area contributed by atoms with E-state index in [1.807, 2.05) is 6.07 Å². The summed E-state index contributed by atoms with van der Waals surface area (Å²) in [7, 11) is 1.33. The van der Waals surface area contributed by atoms with Crippen LogP contribution >= 0.6 is 15.9 Å². The van der Waals surface area contributed by atoms with E-state index >= 15 is 0 Å². The number of ether oxygens (including phenoxy) is 1. The van der Waals surface area contributed by atoms with Gasteiger partial charge in [-0.05, 0) is 24.6 Å². The topological polar surface area (TPSA) is 66.8 Å². The second kappa shape index (κ2) is 8.79. The number of aliphatic hydroxyl groups is 1. The highest BCUT2D eigenvalue weighted by Gasteiger charge is 2.22. The lowest BCUT2D eigenvalue weighted by Crippen LogP contribution is -2.38. The molecule has 0 saturated heterocycles. The Bertz CT molecular complexity index is 492. The molecule has 5 nitrogen and oxygen atoms in total. The summed E-state index contributed by atoms with van der Waals surface area (Å²) < 4.78 is 5.50. The quantitative estimate of drug-likeness (QED) is 0.758. The summed E-state index contributed by atoms with van der Waals surface area (Å²) in [6, 6.07) is 7.08. The van der Waals surface area contributed by atoms with Crippen molar-refractivity contribution in [2.24, 2.45) is 5.92 Å². The summed E-state index contributed by atoms with van der Waals surface area (Å²) >= 11 is 3.33. The van der Waals surface area contributed by atoms with E-state index < -0.39 is 5.92 Å². The van der Waals surface area contributed by atoms with Gasteiger partial charge in [-0.25, -0.2) is 0 Å². The minimum atomic E-state index is -0.412. The zero-order valence-electron chi connectivity index (χ0n) is 12.2. The van der Waals surface area contributed by atoms with E-state index in [9.17, 15) is 9.59 Å². The van der Waals surface area contributed by atoms with Crippen molar-refractivity contribution in [3.8, 4) is 0 Å². The van der Waals surface area contributed by atoms with Crippen molar-refractivity contribution in [1.29, 1.82) is 0 Å². The second-order valence-corrected chi connectivity index (χ2v) is 5.68. The van der Waals surface area contributed by atoms with Gasteiger partial charge in [-0.1, -0.05) is 28.9 Å². The monoisotopic (exact) mass is 357 g/mol. The number of carbonyl (C=O) groups excluding carboxylic acids is 2. The van der Waals surface area contributed by atoms with Crippen LogP contribution in [0.25, 0.3) is 0 Å². The molecular weight excluding hydrogens is 338 g/mol. The van der Waals surface area contributed by atoms with Crippen LogP contribution in [-0.2, 0) is 9.53 Å². The predicted molar refractivity (Wildman–Crippen MR) is 82.9 cm³/mol. The lowest BCUT2D eigenvalue weighted by molar-refractivity contribution is -0.145. The van der Waals surface area contributed by atoms with Crippen LogP contribution in [0.1, 0.15) is 23.7 Å². The molecule has 0 fully saturated rings. The van der Waals surface area contributed by atoms with E-state index in [0.717, 1.165) is 4.47 Å². The maximum absolute atomic E-state index is 12.5. The summed E-state index contributed by atoms with van der Waals surface area (Å²) in [6.07, 6.45) is 0.466. The number of methoxy groups -OCH3 is 1. The summed E-state index contributed by atoms with van der Waals surface area (Å²) in [5.74, 6) is -0.934. The molecule has 0 aromatic heterocycles. The SMILES string of the molecule is COC(=O)C(C)CN(CCCO)C(=O)c1cccc(Br)c1. The number of esters is 1. The Morgan fingerprint density at radius 1 is 1.43 bits per heavy atom. The van der Waals surface area contributed by atoms with E-state index in [4.69, 9.17) is 5.11 Å². The molecule has 1 aromatic rings. The number of carbonyl (C=O) groups is 2. The number of hydrogen-bond donors (Lipinski definition) is 1. The maximum atomic E-state index is 12.5. The van der Waals surface area contributed by atoms with E-state index in [-0.39, 0.29) is 25.0 Å². The number of nitrogens with zero attached hydrogens (tertiary/aromatic N) is 1. The van der Waals surface area contributed by atoms with Gasteiger partial charge < -0.3 is 14.7 Å². The Kier molecular flexibility index (Phi) is 7.39. The highest BCUT2D eigenvalue weighted by atomic mass is 79.9. The minimum absolute atomic E-state index is 0.00509. The molecule has 1 atom stereocenters. The van der Waals surface area contributed by atoms with Gasteiger partial charge in [0.1, 0.15) is 0 Å². The molecule has 0 heterocycles. The zero-order valence-corrected chi connectivity index (χ0v) is 13.8. The van der Waals surface area contributed by atoms with Crippen molar-refractivity contribution in [2.75, 3.05) is 26.8 Å². The van der Waals surface area contributed by atoms with Crippen molar-refractivity contribution < 1.29 is 19.4 Å². The number of amides is 1. The molecular formula is C15H20BrNO4. The summed E-state index contributed by atoms with van der Waals surface area (Å²) in [5, 5.41) is 8.96. The molecule has 0 aliphatic heterocycles. The first-order valence-electron chi connectivity index (χ1n) is 6.73. The Morgan fingerprint density at radius 3 is 2.71 bits per heavy atom. The molecule has 0 radical (unpaired) electrons. The smallest absolute Gasteiger partial charge is 0.310 e. The maximum Gasteiger partial charge on any atom is 0.310 e. The first-order chi connectivity index (χ1) is 9.99. The van der Waals surface area contributed by atoms with Gasteiger partial charge >= 0.3 is 5.97 Å². The molecule has 21 heavy (non-hydrogen) atoms. The molecule has 0 bridgehead atoms. The Hall–Kier alpha value is -1.40. The largest absolute Gasteiger partial charge is 0.469 e.